The molecule has 0 aliphatic carbocycles. The van der Waals surface area contributed by atoms with Gasteiger partial charge in [-0.2, -0.15) is 15.3 Å². The maximum atomic E-state index is 6.05. The molecular formula is C39H46BBr3N6O2. The number of H-pyrrole nitrogens is 1. The first-order valence-electron chi connectivity index (χ1n) is 16.7. The van der Waals surface area contributed by atoms with Crippen LogP contribution in [-0.2, 0) is 27.7 Å². The van der Waals surface area contributed by atoms with Gasteiger partial charge in [0.25, 0.3) is 0 Å². The van der Waals surface area contributed by atoms with Crippen molar-refractivity contribution in [3.05, 3.63) is 152 Å². The third kappa shape index (κ3) is 13.0. The van der Waals surface area contributed by atoms with Gasteiger partial charge in [0.1, 0.15) is 0 Å². The standard InChI is InChI=1S/C17H23BN2O2.C11H11BrN2.C8H9Br.C3H3BrN2/c1-13-6-8-14(9-7-13)11-20-12-15(10-19-20)18-21-16(2,3)17(4,5)22-18;1-9-2-4-10(5-3-9)7-14-8-11(12)6-13-14;1-7-2-4-8(6-9)5-3-7;4-3-1-5-6-2-3/h6-10,12H,11H2,1-5H3;2-6,8H,7H2,1H3;2-5H,6H2,1H3;1-2H,(H,5,6). The average molecular weight is 881 g/mol. The summed E-state index contributed by atoms with van der Waals surface area (Å²) in [5, 5.41) is 15.9. The summed E-state index contributed by atoms with van der Waals surface area (Å²) in [5.74, 6) is 0. The van der Waals surface area contributed by atoms with Crippen molar-refractivity contribution in [1.29, 1.82) is 0 Å². The van der Waals surface area contributed by atoms with E-state index in [1.807, 2.05) is 28.0 Å². The molecule has 1 N–H and O–H groups in total. The number of halogens is 3. The van der Waals surface area contributed by atoms with Gasteiger partial charge in [0, 0.05) is 35.6 Å². The van der Waals surface area contributed by atoms with Crippen molar-refractivity contribution in [3.8, 4) is 0 Å². The smallest absolute Gasteiger partial charge is 0.399 e. The number of aryl methyl sites for hydroxylation is 3. The molecule has 0 radical (unpaired) electrons. The second-order valence-corrected chi connectivity index (χ2v) is 15.8. The van der Waals surface area contributed by atoms with Crippen LogP contribution in [0.3, 0.4) is 0 Å². The van der Waals surface area contributed by atoms with Gasteiger partial charge in [0.2, 0.25) is 0 Å². The largest absolute Gasteiger partial charge is 0.498 e. The minimum atomic E-state index is -0.350. The van der Waals surface area contributed by atoms with Gasteiger partial charge in [0.05, 0.1) is 45.6 Å². The third-order valence-electron chi connectivity index (χ3n) is 8.45. The quantitative estimate of drug-likeness (QED) is 0.133. The van der Waals surface area contributed by atoms with Crippen molar-refractivity contribution in [2.45, 2.75) is 78.1 Å². The molecule has 1 aliphatic rings. The number of benzene rings is 3. The van der Waals surface area contributed by atoms with Crippen LogP contribution in [0.5, 0.6) is 0 Å². The highest BCUT2D eigenvalue weighted by atomic mass is 79.9. The highest BCUT2D eigenvalue weighted by molar-refractivity contribution is 9.10. The Morgan fingerprint density at radius 2 is 1.08 bits per heavy atom. The van der Waals surface area contributed by atoms with E-state index in [0.717, 1.165) is 32.8 Å². The van der Waals surface area contributed by atoms with Gasteiger partial charge in [-0.3, -0.25) is 14.5 Å². The lowest BCUT2D eigenvalue weighted by Gasteiger charge is -2.32. The number of nitrogens with zero attached hydrogens (tertiary/aromatic N) is 5. The first-order chi connectivity index (χ1) is 24.2. The lowest BCUT2D eigenvalue weighted by atomic mass is 9.82. The highest BCUT2D eigenvalue weighted by Crippen LogP contribution is 2.36. The van der Waals surface area contributed by atoms with Crippen LogP contribution < -0.4 is 5.46 Å². The summed E-state index contributed by atoms with van der Waals surface area (Å²) >= 11 is 9.94. The van der Waals surface area contributed by atoms with E-state index in [-0.39, 0.29) is 18.3 Å². The summed E-state index contributed by atoms with van der Waals surface area (Å²) in [6, 6.07) is 25.5. The minimum Gasteiger partial charge on any atom is -0.399 e. The first-order valence-corrected chi connectivity index (χ1v) is 19.4. The molecule has 0 spiro atoms. The van der Waals surface area contributed by atoms with Crippen molar-refractivity contribution < 1.29 is 9.31 Å². The monoisotopic (exact) mass is 878 g/mol. The summed E-state index contributed by atoms with van der Waals surface area (Å²) in [6.45, 7) is 16.1. The molecule has 3 aromatic carbocycles. The third-order valence-corrected chi connectivity index (χ3v) is 9.94. The zero-order valence-corrected chi connectivity index (χ0v) is 35.0. The van der Waals surface area contributed by atoms with Crippen LogP contribution in [-0.4, -0.2) is 48.1 Å². The first kappa shape index (κ1) is 40.5. The fourth-order valence-electron chi connectivity index (χ4n) is 4.67. The van der Waals surface area contributed by atoms with Crippen LogP contribution in [0.15, 0.2) is 119 Å². The molecule has 51 heavy (non-hydrogen) atoms. The topological polar surface area (TPSA) is 82.8 Å². The number of hydrogen-bond acceptors (Lipinski definition) is 5. The predicted octanol–water partition coefficient (Wildman–Crippen LogP) is 9.60. The summed E-state index contributed by atoms with van der Waals surface area (Å²) in [4.78, 5) is 0. The van der Waals surface area contributed by atoms with Crippen molar-refractivity contribution in [1.82, 2.24) is 29.8 Å². The van der Waals surface area contributed by atoms with E-state index < -0.39 is 0 Å². The fraction of sp³-hybridized carbons (Fsp3) is 0.308. The van der Waals surface area contributed by atoms with Crippen molar-refractivity contribution in [2.24, 2.45) is 0 Å². The maximum Gasteiger partial charge on any atom is 0.498 e. The fourth-order valence-corrected chi connectivity index (χ4v) is 5.57. The number of rotatable bonds is 6. The van der Waals surface area contributed by atoms with E-state index >= 15 is 0 Å². The molecule has 0 saturated carbocycles. The molecule has 6 aromatic rings. The van der Waals surface area contributed by atoms with E-state index in [4.69, 9.17) is 9.31 Å². The molecule has 4 heterocycles. The van der Waals surface area contributed by atoms with Crippen LogP contribution in [0.1, 0.15) is 61.1 Å². The molecule has 7 rings (SSSR count). The van der Waals surface area contributed by atoms with Gasteiger partial charge in [-0.15, -0.1) is 0 Å². The Kier molecular flexibility index (Phi) is 15.1. The van der Waals surface area contributed by atoms with Gasteiger partial charge in [0.15, 0.2) is 0 Å². The molecule has 3 aromatic heterocycles. The lowest BCUT2D eigenvalue weighted by molar-refractivity contribution is 0.00578. The molecule has 8 nitrogen and oxygen atoms in total. The van der Waals surface area contributed by atoms with Crippen LogP contribution in [0.4, 0.5) is 0 Å². The normalized spacial score (nSPS) is 14.0. The van der Waals surface area contributed by atoms with Crippen LogP contribution in [0.2, 0.25) is 0 Å². The maximum absolute atomic E-state index is 6.05. The predicted molar refractivity (Wildman–Crippen MR) is 219 cm³/mol. The molecular weight excluding hydrogens is 835 g/mol. The number of aromatic amines is 1. The average Bonchev–Trinajstić information content (AvgIpc) is 3.90. The Balaban J connectivity index is 0.000000171. The minimum absolute atomic E-state index is 0.323. The zero-order chi connectivity index (χ0) is 37.0. The molecule has 0 atom stereocenters. The highest BCUT2D eigenvalue weighted by Gasteiger charge is 2.52. The molecule has 0 unspecified atom stereocenters. The molecule has 0 amide bonds. The van der Waals surface area contributed by atoms with Gasteiger partial charge >= 0.3 is 7.12 Å². The number of nitrogens with one attached hydrogen (secondary N) is 1. The summed E-state index contributed by atoms with van der Waals surface area (Å²) in [7, 11) is -0.350. The summed E-state index contributed by atoms with van der Waals surface area (Å²) in [6.07, 6.45) is 11.1. The van der Waals surface area contributed by atoms with Crippen molar-refractivity contribution in [3.63, 3.8) is 0 Å². The van der Waals surface area contributed by atoms with E-state index in [1.165, 1.54) is 33.4 Å². The second-order valence-electron chi connectivity index (χ2n) is 13.4. The number of hydrogen-bond donors (Lipinski definition) is 1. The zero-order valence-electron chi connectivity index (χ0n) is 30.3. The lowest BCUT2D eigenvalue weighted by Crippen LogP contribution is -2.41. The Morgan fingerprint density at radius 1 is 0.627 bits per heavy atom. The van der Waals surface area contributed by atoms with Crippen LogP contribution >= 0.6 is 47.8 Å². The Bertz CT molecular complexity index is 1870. The van der Waals surface area contributed by atoms with Crippen LogP contribution in [0.25, 0.3) is 0 Å². The second kappa shape index (κ2) is 19.0. The molecule has 268 valence electrons. The van der Waals surface area contributed by atoms with Gasteiger partial charge in [-0.25, -0.2) is 0 Å². The molecule has 1 fully saturated rings. The van der Waals surface area contributed by atoms with Crippen LogP contribution in [0, 0.1) is 20.8 Å². The van der Waals surface area contributed by atoms with Crippen molar-refractivity contribution in [2.75, 3.05) is 0 Å². The van der Waals surface area contributed by atoms with E-state index in [9.17, 15) is 0 Å². The van der Waals surface area contributed by atoms with E-state index in [2.05, 4.69) is 189 Å². The van der Waals surface area contributed by atoms with Gasteiger partial charge in [-0.1, -0.05) is 105 Å². The number of alkyl halides is 1. The SMILES string of the molecule is Brc1cn[nH]c1.Cc1ccc(CBr)cc1.Cc1ccc(Cn2cc(B3OC(C)(C)C(C)(C)O3)cn2)cc1.Cc1ccc(Cn2cc(Br)cn2)cc1. The Hall–Kier alpha value is -3.29. The summed E-state index contributed by atoms with van der Waals surface area (Å²) < 4.78 is 17.9. The Labute approximate surface area is 327 Å². The molecule has 1 aliphatic heterocycles. The van der Waals surface area contributed by atoms with Gasteiger partial charge < -0.3 is 9.31 Å². The molecule has 0 bridgehead atoms. The number of aromatic nitrogens is 6. The van der Waals surface area contributed by atoms with Gasteiger partial charge in [-0.05, 0) is 97.0 Å². The molecule has 1 saturated heterocycles. The van der Waals surface area contributed by atoms with E-state index in [0.29, 0.717) is 0 Å². The summed E-state index contributed by atoms with van der Waals surface area (Å²) in [5.41, 5.74) is 8.02. The molecule has 12 heteroatoms. The Morgan fingerprint density at radius 3 is 1.45 bits per heavy atom. The van der Waals surface area contributed by atoms with E-state index in [1.54, 1.807) is 18.6 Å². The van der Waals surface area contributed by atoms with Crippen molar-refractivity contribution >= 4 is 60.4 Å².